The molecule has 36 heavy (non-hydrogen) atoms. The van der Waals surface area contributed by atoms with Gasteiger partial charge in [-0.2, -0.15) is 11.8 Å². The molecule has 3 atom stereocenters. The number of halogens is 3. The molecule has 0 heterocycles. The third-order valence-corrected chi connectivity index (χ3v) is 9.59. The molecule has 3 unspecified atom stereocenters. The van der Waals surface area contributed by atoms with E-state index in [2.05, 4.69) is 73.4 Å². The number of thioether (sulfide) groups is 1. The second kappa shape index (κ2) is 11.5. The molecule has 4 rings (SSSR count). The van der Waals surface area contributed by atoms with Crippen molar-refractivity contribution < 1.29 is 9.59 Å². The summed E-state index contributed by atoms with van der Waals surface area (Å²) in [6, 6.07) is 19.5. The molecule has 188 valence electrons. The fraction of sp³-hybridized carbons (Fsp3) is 0.286. The van der Waals surface area contributed by atoms with Crippen molar-refractivity contribution in [3.8, 4) is 0 Å². The summed E-state index contributed by atoms with van der Waals surface area (Å²) < 4.78 is 0.739. The van der Waals surface area contributed by atoms with Gasteiger partial charge in [-0.05, 0) is 96.1 Å². The smallest absolute Gasteiger partial charge is 0.256 e. The molecule has 1 fully saturated rings. The Labute approximate surface area is 243 Å². The number of amides is 2. The third kappa shape index (κ3) is 5.64. The quantitative estimate of drug-likeness (QED) is 0.190. The number of hydrogen-bond donors (Lipinski definition) is 2. The van der Waals surface area contributed by atoms with E-state index in [1.807, 2.05) is 44.4 Å². The van der Waals surface area contributed by atoms with Gasteiger partial charge in [-0.15, -0.1) is 0 Å². The van der Waals surface area contributed by atoms with Crippen molar-refractivity contribution in [3.63, 3.8) is 0 Å². The highest BCUT2D eigenvalue weighted by atomic mass is 127. The van der Waals surface area contributed by atoms with Crippen LogP contribution in [-0.4, -0.2) is 34.7 Å². The van der Waals surface area contributed by atoms with Gasteiger partial charge in [0.25, 0.3) is 11.8 Å². The van der Waals surface area contributed by atoms with Crippen LogP contribution in [0.3, 0.4) is 0 Å². The topological polar surface area (TPSA) is 58.2 Å². The molecule has 8 heteroatoms. The van der Waals surface area contributed by atoms with E-state index in [0.29, 0.717) is 16.0 Å². The molecule has 2 amide bonds. The Balaban J connectivity index is 1.58. The number of alkyl halides is 1. The van der Waals surface area contributed by atoms with Crippen molar-refractivity contribution in [2.75, 3.05) is 17.3 Å². The standard InChI is InChI=1S/C28H27BrClIN2O2S/c1-16-13-19(28(14-24(28)29)18-7-10-20(30)11-8-18)9-12-23(16)33-26(34)21-5-4-6-22(31)25(21)27(35)32-17(2)15-36-3/h4-13,17,24H,14-15H2,1-3H3,(H,32,35)(H,33,34). The normalized spacial score (nSPS) is 19.4. The van der Waals surface area contributed by atoms with Crippen molar-refractivity contribution in [1.29, 1.82) is 0 Å². The highest BCUT2D eigenvalue weighted by molar-refractivity contribution is 14.1. The first kappa shape index (κ1) is 27.5. The summed E-state index contributed by atoms with van der Waals surface area (Å²) in [6.07, 6.45) is 3.00. The Kier molecular flexibility index (Phi) is 8.75. The molecular weight excluding hydrogens is 671 g/mol. The van der Waals surface area contributed by atoms with Gasteiger partial charge in [0.1, 0.15) is 0 Å². The van der Waals surface area contributed by atoms with Crippen LogP contribution < -0.4 is 10.6 Å². The molecule has 0 aliphatic heterocycles. The summed E-state index contributed by atoms with van der Waals surface area (Å²) in [5.41, 5.74) is 4.76. The first-order chi connectivity index (χ1) is 17.2. The van der Waals surface area contributed by atoms with Gasteiger partial charge in [0.15, 0.2) is 0 Å². The van der Waals surface area contributed by atoms with E-state index >= 15 is 0 Å². The Morgan fingerprint density at radius 1 is 1.14 bits per heavy atom. The average Bonchev–Trinajstić information content (AvgIpc) is 3.52. The Morgan fingerprint density at radius 3 is 2.42 bits per heavy atom. The summed E-state index contributed by atoms with van der Waals surface area (Å²) in [5, 5.41) is 6.75. The van der Waals surface area contributed by atoms with Crippen LogP contribution in [0.1, 0.15) is 50.8 Å². The lowest BCUT2D eigenvalue weighted by Crippen LogP contribution is -2.36. The van der Waals surface area contributed by atoms with E-state index < -0.39 is 0 Å². The molecule has 4 nitrogen and oxygen atoms in total. The second-order valence-electron chi connectivity index (χ2n) is 9.13. The molecule has 0 spiro atoms. The number of nitrogens with one attached hydrogen (secondary N) is 2. The molecular formula is C28H27BrClIN2O2S. The van der Waals surface area contributed by atoms with Gasteiger partial charge in [0, 0.05) is 36.3 Å². The molecule has 3 aromatic rings. The van der Waals surface area contributed by atoms with Gasteiger partial charge in [-0.1, -0.05) is 57.9 Å². The summed E-state index contributed by atoms with van der Waals surface area (Å²) in [4.78, 5) is 26.7. The van der Waals surface area contributed by atoms with E-state index in [1.54, 1.807) is 23.9 Å². The number of aryl methyl sites for hydroxylation is 1. The van der Waals surface area contributed by atoms with Crippen molar-refractivity contribution in [3.05, 3.63) is 97.1 Å². The summed E-state index contributed by atoms with van der Waals surface area (Å²) in [7, 11) is 0. The number of anilines is 1. The van der Waals surface area contributed by atoms with E-state index in [9.17, 15) is 9.59 Å². The molecule has 0 saturated heterocycles. The fourth-order valence-corrected chi connectivity index (χ4v) is 7.03. The third-order valence-electron chi connectivity index (χ3n) is 6.50. The van der Waals surface area contributed by atoms with Crippen LogP contribution in [0.4, 0.5) is 5.69 Å². The fourth-order valence-electron chi connectivity index (χ4n) is 4.54. The predicted octanol–water partition coefficient (Wildman–Crippen LogP) is 7.44. The largest absolute Gasteiger partial charge is 0.349 e. The Hall–Kier alpha value is -1.55. The van der Waals surface area contributed by atoms with Crippen LogP contribution in [-0.2, 0) is 5.41 Å². The molecule has 1 saturated carbocycles. The van der Waals surface area contributed by atoms with Gasteiger partial charge < -0.3 is 10.6 Å². The lowest BCUT2D eigenvalue weighted by molar-refractivity contribution is 0.0930. The van der Waals surface area contributed by atoms with Crippen LogP contribution in [0.2, 0.25) is 5.02 Å². The van der Waals surface area contributed by atoms with Gasteiger partial charge in [0.05, 0.1) is 11.1 Å². The molecule has 3 aromatic carbocycles. The predicted molar refractivity (Wildman–Crippen MR) is 163 cm³/mol. The maximum Gasteiger partial charge on any atom is 0.256 e. The Bertz CT molecular complexity index is 1300. The maximum absolute atomic E-state index is 13.3. The molecule has 1 aliphatic carbocycles. The van der Waals surface area contributed by atoms with E-state index in [-0.39, 0.29) is 23.3 Å². The molecule has 0 bridgehead atoms. The zero-order chi connectivity index (χ0) is 26.0. The van der Waals surface area contributed by atoms with Crippen LogP contribution in [0, 0.1) is 10.5 Å². The molecule has 0 aromatic heterocycles. The number of carbonyl (C=O) groups excluding carboxylic acids is 2. The van der Waals surface area contributed by atoms with Gasteiger partial charge in [0.2, 0.25) is 0 Å². The van der Waals surface area contributed by atoms with Gasteiger partial charge >= 0.3 is 0 Å². The van der Waals surface area contributed by atoms with Crippen molar-refractivity contribution in [2.24, 2.45) is 0 Å². The lowest BCUT2D eigenvalue weighted by atomic mass is 9.87. The van der Waals surface area contributed by atoms with Crippen LogP contribution >= 0.6 is 61.9 Å². The van der Waals surface area contributed by atoms with Crippen LogP contribution in [0.5, 0.6) is 0 Å². The van der Waals surface area contributed by atoms with Crippen molar-refractivity contribution in [2.45, 2.75) is 36.6 Å². The van der Waals surface area contributed by atoms with Crippen LogP contribution in [0.15, 0.2) is 60.7 Å². The minimum atomic E-state index is -0.302. The lowest BCUT2D eigenvalue weighted by Gasteiger charge is -2.20. The number of rotatable bonds is 8. The Morgan fingerprint density at radius 2 is 1.81 bits per heavy atom. The number of benzene rings is 3. The zero-order valence-electron chi connectivity index (χ0n) is 20.2. The van der Waals surface area contributed by atoms with E-state index in [0.717, 1.165) is 32.0 Å². The van der Waals surface area contributed by atoms with Crippen molar-refractivity contribution >= 4 is 79.4 Å². The molecule has 2 N–H and O–H groups in total. The molecule has 1 aliphatic rings. The minimum Gasteiger partial charge on any atom is -0.349 e. The zero-order valence-corrected chi connectivity index (χ0v) is 25.5. The first-order valence-corrected chi connectivity index (χ1v) is 15.3. The number of carbonyl (C=O) groups is 2. The summed E-state index contributed by atoms with van der Waals surface area (Å²) in [6.45, 7) is 3.95. The minimum absolute atomic E-state index is 0.00264. The highest BCUT2D eigenvalue weighted by Gasteiger charge is 2.55. The van der Waals surface area contributed by atoms with E-state index in [4.69, 9.17) is 11.6 Å². The summed E-state index contributed by atoms with van der Waals surface area (Å²) >= 11 is 13.7. The first-order valence-electron chi connectivity index (χ1n) is 11.6. The molecule has 0 radical (unpaired) electrons. The second-order valence-corrected chi connectivity index (χ2v) is 12.7. The SMILES string of the molecule is CSCC(C)NC(=O)c1c(I)cccc1C(=O)Nc1ccc(C2(c3ccc(Cl)cc3)CC2Br)cc1C. The monoisotopic (exact) mass is 696 g/mol. The van der Waals surface area contributed by atoms with Crippen molar-refractivity contribution in [1.82, 2.24) is 5.32 Å². The van der Waals surface area contributed by atoms with Crippen LogP contribution in [0.25, 0.3) is 0 Å². The summed E-state index contributed by atoms with van der Waals surface area (Å²) in [5.74, 6) is 0.264. The average molecular weight is 698 g/mol. The van der Waals surface area contributed by atoms with Gasteiger partial charge in [-0.3, -0.25) is 9.59 Å². The maximum atomic E-state index is 13.3. The van der Waals surface area contributed by atoms with Gasteiger partial charge in [-0.25, -0.2) is 0 Å². The number of hydrogen-bond acceptors (Lipinski definition) is 3. The van der Waals surface area contributed by atoms with E-state index in [1.165, 1.54) is 11.1 Å². The highest BCUT2D eigenvalue weighted by Crippen LogP contribution is 2.58.